The van der Waals surface area contributed by atoms with E-state index in [4.69, 9.17) is 13.7 Å². The first-order valence-electron chi connectivity index (χ1n) is 8.85. The number of aliphatic hydroxyl groups is 1. The number of rotatable bonds is 12. The zero-order chi connectivity index (χ0) is 22.1. The molecule has 0 rings (SSSR count). The molecule has 2 atom stereocenters. The molecule has 164 valence electrons. The van der Waals surface area contributed by atoms with Crippen LogP contribution in [0.4, 0.5) is 0 Å². The van der Waals surface area contributed by atoms with Crippen molar-refractivity contribution in [2.75, 3.05) is 18.9 Å². The molecule has 0 heterocycles. The van der Waals surface area contributed by atoms with Crippen molar-refractivity contribution >= 4 is 28.0 Å². The number of carbonyl (C=O) groups excluding carboxylic acids is 3. The minimum absolute atomic E-state index is 0.158. The van der Waals surface area contributed by atoms with Crippen molar-refractivity contribution in [2.24, 2.45) is 11.3 Å². The van der Waals surface area contributed by atoms with E-state index in [-0.39, 0.29) is 30.5 Å². The maximum absolute atomic E-state index is 12.2. The summed E-state index contributed by atoms with van der Waals surface area (Å²) in [4.78, 5) is 34.0. The second-order valence-corrected chi connectivity index (χ2v) is 9.17. The number of aliphatic hydroxyl groups excluding tert-OH is 1. The summed E-state index contributed by atoms with van der Waals surface area (Å²) in [5.74, 6) is -2.64. The van der Waals surface area contributed by atoms with Crippen molar-refractivity contribution in [1.82, 2.24) is 5.32 Å². The van der Waals surface area contributed by atoms with Gasteiger partial charge in [0.15, 0.2) is 6.10 Å². The van der Waals surface area contributed by atoms with Crippen LogP contribution in [-0.2, 0) is 38.2 Å². The van der Waals surface area contributed by atoms with Gasteiger partial charge in [0.25, 0.3) is 10.1 Å². The van der Waals surface area contributed by atoms with Crippen molar-refractivity contribution in [2.45, 2.75) is 60.4 Å². The van der Waals surface area contributed by atoms with Gasteiger partial charge in [-0.25, -0.2) is 4.79 Å². The quantitative estimate of drug-likeness (QED) is 0.195. The molecule has 1 unspecified atom stereocenters. The van der Waals surface area contributed by atoms with Crippen molar-refractivity contribution < 1.29 is 41.6 Å². The Kier molecular flexibility index (Phi) is 10.6. The molecule has 0 aliphatic heterocycles. The van der Waals surface area contributed by atoms with E-state index in [0.29, 0.717) is 0 Å². The van der Waals surface area contributed by atoms with Gasteiger partial charge in [-0.05, 0) is 6.42 Å². The molecular weight excluding hydrogens is 394 g/mol. The highest BCUT2D eigenvalue weighted by Gasteiger charge is 2.38. The molecule has 0 fully saturated rings. The van der Waals surface area contributed by atoms with Gasteiger partial charge in [-0.3, -0.25) is 13.8 Å². The highest BCUT2D eigenvalue weighted by Crippen LogP contribution is 2.24. The fourth-order valence-electron chi connectivity index (χ4n) is 1.85. The SMILES string of the molecule is CC(=O)NCCCS(=O)(=O)OCC(C)(C)[C@@H](O)C(=O)OC(OC(C)=O)C(C)C. The molecule has 0 aromatic rings. The molecule has 0 aromatic heterocycles. The molecule has 0 radical (unpaired) electrons. The Labute approximate surface area is 166 Å². The van der Waals surface area contributed by atoms with Gasteiger partial charge < -0.3 is 19.9 Å². The van der Waals surface area contributed by atoms with Gasteiger partial charge >= 0.3 is 11.9 Å². The average molecular weight is 426 g/mol. The van der Waals surface area contributed by atoms with Crippen LogP contribution >= 0.6 is 0 Å². The number of ether oxygens (including phenoxy) is 2. The van der Waals surface area contributed by atoms with E-state index >= 15 is 0 Å². The van der Waals surface area contributed by atoms with E-state index in [2.05, 4.69) is 5.32 Å². The largest absolute Gasteiger partial charge is 0.425 e. The number of esters is 2. The van der Waals surface area contributed by atoms with E-state index in [1.54, 1.807) is 13.8 Å². The summed E-state index contributed by atoms with van der Waals surface area (Å²) in [5, 5.41) is 12.7. The van der Waals surface area contributed by atoms with Gasteiger partial charge in [0.1, 0.15) is 0 Å². The summed E-state index contributed by atoms with van der Waals surface area (Å²) in [6.07, 6.45) is -2.72. The average Bonchev–Trinajstić information content (AvgIpc) is 2.55. The van der Waals surface area contributed by atoms with E-state index in [1.807, 2.05) is 0 Å². The van der Waals surface area contributed by atoms with E-state index < -0.39 is 46.5 Å². The Bertz CT molecular complexity index is 643. The van der Waals surface area contributed by atoms with Crippen LogP contribution in [0.2, 0.25) is 0 Å². The zero-order valence-corrected chi connectivity index (χ0v) is 18.0. The van der Waals surface area contributed by atoms with E-state index in [9.17, 15) is 27.9 Å². The Morgan fingerprint density at radius 3 is 2.14 bits per heavy atom. The van der Waals surface area contributed by atoms with Gasteiger partial charge in [0, 0.05) is 31.7 Å². The minimum atomic E-state index is -3.91. The second kappa shape index (κ2) is 11.3. The van der Waals surface area contributed by atoms with Crippen LogP contribution in [-0.4, -0.2) is 62.7 Å². The van der Waals surface area contributed by atoms with Crippen molar-refractivity contribution in [3.8, 4) is 0 Å². The van der Waals surface area contributed by atoms with Crippen LogP contribution in [0.3, 0.4) is 0 Å². The third-order valence-corrected chi connectivity index (χ3v) is 4.84. The van der Waals surface area contributed by atoms with Crippen molar-refractivity contribution in [1.29, 1.82) is 0 Å². The van der Waals surface area contributed by atoms with Crippen molar-refractivity contribution in [3.63, 3.8) is 0 Å². The molecule has 0 aliphatic rings. The van der Waals surface area contributed by atoms with Gasteiger partial charge in [-0.2, -0.15) is 8.42 Å². The summed E-state index contributed by atoms with van der Waals surface area (Å²) < 4.78 is 38.6. The summed E-state index contributed by atoms with van der Waals surface area (Å²) in [6.45, 7) is 8.39. The van der Waals surface area contributed by atoms with Gasteiger partial charge in [-0.1, -0.05) is 27.7 Å². The third kappa shape index (κ3) is 10.6. The van der Waals surface area contributed by atoms with E-state index in [1.165, 1.54) is 20.8 Å². The second-order valence-electron chi connectivity index (χ2n) is 7.41. The molecule has 1 amide bonds. The lowest BCUT2D eigenvalue weighted by Gasteiger charge is -2.30. The number of amides is 1. The fraction of sp³-hybridized carbons (Fsp3) is 0.824. The Hall–Kier alpha value is -1.72. The molecule has 0 saturated carbocycles. The zero-order valence-electron chi connectivity index (χ0n) is 17.2. The predicted octanol–water partition coefficient (Wildman–Crippen LogP) is 0.335. The number of hydrogen-bond acceptors (Lipinski definition) is 9. The first-order valence-corrected chi connectivity index (χ1v) is 10.4. The van der Waals surface area contributed by atoms with Crippen LogP contribution in [0.5, 0.6) is 0 Å². The van der Waals surface area contributed by atoms with Crippen LogP contribution in [0, 0.1) is 11.3 Å². The van der Waals surface area contributed by atoms with Gasteiger partial charge in [0.2, 0.25) is 12.2 Å². The topological polar surface area (TPSA) is 145 Å². The maximum Gasteiger partial charge on any atom is 0.338 e. The Balaban J connectivity index is 4.74. The van der Waals surface area contributed by atoms with Crippen LogP contribution in [0.25, 0.3) is 0 Å². The molecule has 0 spiro atoms. The van der Waals surface area contributed by atoms with Gasteiger partial charge in [0.05, 0.1) is 12.4 Å². The number of nitrogens with one attached hydrogen (secondary N) is 1. The summed E-state index contributed by atoms with van der Waals surface area (Å²) in [7, 11) is -3.91. The van der Waals surface area contributed by atoms with Gasteiger partial charge in [-0.15, -0.1) is 0 Å². The van der Waals surface area contributed by atoms with E-state index in [0.717, 1.165) is 6.92 Å². The lowest BCUT2D eigenvalue weighted by molar-refractivity contribution is -0.204. The molecule has 10 nitrogen and oxygen atoms in total. The summed E-state index contributed by atoms with van der Waals surface area (Å²) in [6, 6.07) is 0. The van der Waals surface area contributed by atoms with Crippen molar-refractivity contribution in [3.05, 3.63) is 0 Å². The Morgan fingerprint density at radius 2 is 1.68 bits per heavy atom. The molecule has 2 N–H and O–H groups in total. The standard InChI is InChI=1S/C17H31NO9S/c1-11(2)16(26-13(4)20)27-15(22)14(21)17(5,6)10-25-28(23,24)9-7-8-18-12(3)19/h11,14,16,21H,7-10H2,1-6H3,(H,18,19)/t14-,16?/m0/s1. The molecule has 0 aromatic carbocycles. The fourth-order valence-corrected chi connectivity index (χ4v) is 2.95. The van der Waals surface area contributed by atoms with Crippen LogP contribution in [0.15, 0.2) is 0 Å². The molecule has 11 heteroatoms. The minimum Gasteiger partial charge on any atom is -0.425 e. The molecule has 0 saturated heterocycles. The lowest BCUT2D eigenvalue weighted by Crippen LogP contribution is -2.44. The molecule has 0 bridgehead atoms. The lowest BCUT2D eigenvalue weighted by atomic mass is 9.87. The summed E-state index contributed by atoms with van der Waals surface area (Å²) >= 11 is 0. The normalized spacial score (nSPS) is 14.3. The summed E-state index contributed by atoms with van der Waals surface area (Å²) in [5.41, 5.74) is -1.29. The smallest absolute Gasteiger partial charge is 0.338 e. The molecule has 28 heavy (non-hydrogen) atoms. The number of carbonyl (C=O) groups is 3. The highest BCUT2D eigenvalue weighted by atomic mass is 32.2. The molecule has 0 aliphatic carbocycles. The Morgan fingerprint density at radius 1 is 1.11 bits per heavy atom. The molecular formula is C17H31NO9S. The maximum atomic E-state index is 12.2. The first-order chi connectivity index (χ1) is 12.7. The monoisotopic (exact) mass is 425 g/mol. The predicted molar refractivity (Wildman–Crippen MR) is 99.3 cm³/mol. The first kappa shape index (κ1) is 26.3. The third-order valence-electron chi connectivity index (χ3n) is 3.58. The van der Waals surface area contributed by atoms with Crippen LogP contribution < -0.4 is 5.32 Å². The van der Waals surface area contributed by atoms with Crippen LogP contribution in [0.1, 0.15) is 48.0 Å². The number of hydrogen-bond donors (Lipinski definition) is 2. The highest BCUT2D eigenvalue weighted by molar-refractivity contribution is 7.86.